The Morgan fingerprint density at radius 3 is 1.36 bits per heavy atom. The number of carboxylic acids is 2. The summed E-state index contributed by atoms with van der Waals surface area (Å²) in [5.74, 6) is -4.44. The summed E-state index contributed by atoms with van der Waals surface area (Å²) in [5, 5.41) is 15.7. The topological polar surface area (TPSA) is 169 Å². The molecule has 0 aromatic rings. The highest BCUT2D eigenvalue weighted by Gasteiger charge is 2.14. The van der Waals surface area contributed by atoms with Gasteiger partial charge in [0.25, 0.3) is 5.78 Å². The number of hydrogen-bond acceptors (Lipinski definition) is 4. The van der Waals surface area contributed by atoms with E-state index in [1.165, 1.54) is 0 Å². The number of rotatable bonds is 3. The first-order valence-corrected chi connectivity index (χ1v) is 4.36. The smallest absolute Gasteiger partial charge is 0.466 e. The Hall–Kier alpha value is -1.28. The first kappa shape index (κ1) is 15.2. The molecule has 0 aliphatic heterocycles. The highest BCUT2D eigenvalue weighted by molar-refractivity contribution is 7.45. The summed E-state index contributed by atoms with van der Waals surface area (Å²) in [6.07, 6.45) is -0.949. The van der Waals surface area contributed by atoms with Crippen LogP contribution in [0, 0.1) is 0 Å². The molecule has 0 saturated heterocycles. The van der Waals surface area contributed by atoms with Gasteiger partial charge >= 0.3 is 19.8 Å². The maximum Gasteiger partial charge on any atom is 0.466 e. The molecule has 5 N–H and O–H groups in total. The molecule has 14 heavy (non-hydrogen) atoms. The zero-order valence-electron chi connectivity index (χ0n) is 6.52. The number of ketones is 1. The summed E-state index contributed by atoms with van der Waals surface area (Å²) < 4.78 is 8.88. The van der Waals surface area contributed by atoms with E-state index in [2.05, 4.69) is 0 Å². The lowest BCUT2D eigenvalue weighted by Gasteiger charge is -1.85. The lowest BCUT2D eigenvalue weighted by atomic mass is 10.3. The van der Waals surface area contributed by atoms with Gasteiger partial charge in [-0.15, -0.1) is 0 Å². The second-order valence-corrected chi connectivity index (χ2v) is 2.84. The monoisotopic (exact) mass is 230 g/mol. The van der Waals surface area contributed by atoms with Gasteiger partial charge in [-0.25, -0.2) is 9.36 Å². The number of aliphatic carboxylic acids is 2. The van der Waals surface area contributed by atoms with Crippen LogP contribution in [0.25, 0.3) is 0 Å². The summed E-state index contributed by atoms with van der Waals surface area (Å²) in [6.45, 7) is 0. The Morgan fingerprint density at radius 2 is 1.29 bits per heavy atom. The Bertz CT molecular complexity index is 266. The van der Waals surface area contributed by atoms with Crippen molar-refractivity contribution < 1.29 is 43.8 Å². The molecule has 0 radical (unpaired) electrons. The first-order chi connectivity index (χ1) is 6.04. The molecule has 9 nitrogen and oxygen atoms in total. The second-order valence-electron chi connectivity index (χ2n) is 1.81. The lowest BCUT2D eigenvalue weighted by Crippen LogP contribution is -2.16. The van der Waals surface area contributed by atoms with E-state index in [-0.39, 0.29) is 0 Å². The van der Waals surface area contributed by atoms with Crippen LogP contribution in [0.5, 0.6) is 0 Å². The van der Waals surface area contributed by atoms with Crippen molar-refractivity contribution >= 4 is 25.5 Å². The molecule has 10 heteroatoms. The molecule has 0 atom stereocenters. The third kappa shape index (κ3) is 22.4. The number of Topliss-reactive ketones (excluding diaryl/α,β-unsaturated/α-hetero) is 1. The number of carboxylic acid groups (broad SMARTS) is 2. The molecule has 0 bridgehead atoms. The molecule has 0 heterocycles. The second kappa shape index (κ2) is 6.22. The summed E-state index contributed by atoms with van der Waals surface area (Å²) >= 11 is 0. The van der Waals surface area contributed by atoms with Crippen LogP contribution in [0.4, 0.5) is 0 Å². The van der Waals surface area contributed by atoms with Gasteiger partial charge in [0.2, 0.25) is 0 Å². The molecule has 0 amide bonds. The summed E-state index contributed by atoms with van der Waals surface area (Å²) in [7, 11) is -4.64. The van der Waals surface area contributed by atoms with Crippen LogP contribution >= 0.6 is 7.82 Å². The van der Waals surface area contributed by atoms with E-state index < -0.39 is 32.0 Å². The van der Waals surface area contributed by atoms with E-state index >= 15 is 0 Å². The fraction of sp³-hybridized carbons (Fsp3) is 0.250. The fourth-order valence-electron chi connectivity index (χ4n) is 0.213. The normalized spacial score (nSPS) is 9.64. The number of carbonyl (C=O) groups is 3. The van der Waals surface area contributed by atoms with Gasteiger partial charge < -0.3 is 24.9 Å². The third-order valence-electron chi connectivity index (χ3n) is 0.550. The van der Waals surface area contributed by atoms with Crippen molar-refractivity contribution in [3.8, 4) is 0 Å². The fourth-order valence-corrected chi connectivity index (χ4v) is 0.213. The Labute approximate surface area is 76.8 Å². The highest BCUT2D eigenvalue weighted by atomic mass is 31.2. The van der Waals surface area contributed by atoms with Crippen LogP contribution in [-0.4, -0.2) is 42.6 Å². The van der Waals surface area contributed by atoms with E-state index in [1.54, 1.807) is 0 Å². The molecular formula is C4H7O9P. The molecular weight excluding hydrogens is 223 g/mol. The Morgan fingerprint density at radius 1 is 1.00 bits per heavy atom. The number of hydrogen-bond donors (Lipinski definition) is 5. The Kier molecular flexibility index (Phi) is 6.75. The van der Waals surface area contributed by atoms with Crippen LogP contribution in [0.15, 0.2) is 0 Å². The van der Waals surface area contributed by atoms with Crippen LogP contribution in [0.2, 0.25) is 0 Å². The maximum atomic E-state index is 9.97. The molecule has 0 rings (SSSR count). The summed E-state index contributed by atoms with van der Waals surface area (Å²) in [5.41, 5.74) is 0. The van der Waals surface area contributed by atoms with E-state index in [9.17, 15) is 14.4 Å². The van der Waals surface area contributed by atoms with Crippen molar-refractivity contribution in [2.24, 2.45) is 0 Å². The average molecular weight is 230 g/mol. The third-order valence-corrected chi connectivity index (χ3v) is 0.550. The number of phosphoric acid groups is 1. The molecule has 0 aromatic heterocycles. The van der Waals surface area contributed by atoms with Gasteiger partial charge in [-0.1, -0.05) is 0 Å². The van der Waals surface area contributed by atoms with Crippen molar-refractivity contribution in [2.75, 3.05) is 0 Å². The molecule has 82 valence electrons. The van der Waals surface area contributed by atoms with Crippen molar-refractivity contribution in [3.63, 3.8) is 0 Å². The molecule has 0 aromatic carbocycles. The molecule has 0 spiro atoms. The first-order valence-electron chi connectivity index (χ1n) is 2.80. The summed E-state index contributed by atoms with van der Waals surface area (Å²) in [6, 6.07) is 0. The van der Waals surface area contributed by atoms with Gasteiger partial charge in [0.05, 0.1) is 0 Å². The van der Waals surface area contributed by atoms with Gasteiger partial charge in [0, 0.05) is 0 Å². The average Bonchev–Trinajstić information content (AvgIpc) is 1.80. The minimum absolute atomic E-state index is 0.949. The van der Waals surface area contributed by atoms with E-state index in [1.807, 2.05) is 0 Å². The van der Waals surface area contributed by atoms with E-state index in [4.69, 9.17) is 29.5 Å². The maximum absolute atomic E-state index is 9.97. The van der Waals surface area contributed by atoms with E-state index in [0.29, 0.717) is 0 Å². The zero-order chi connectivity index (χ0) is 11.9. The lowest BCUT2D eigenvalue weighted by molar-refractivity contribution is -0.152. The molecule has 0 unspecified atom stereocenters. The predicted molar refractivity (Wildman–Crippen MR) is 39.2 cm³/mol. The van der Waals surface area contributed by atoms with Crippen LogP contribution in [-0.2, 0) is 18.9 Å². The molecule has 0 saturated carbocycles. The summed E-state index contributed by atoms with van der Waals surface area (Å²) in [4.78, 5) is 50.8. The Balaban J connectivity index is 0. The minimum atomic E-state index is -4.64. The van der Waals surface area contributed by atoms with Gasteiger partial charge in [0.15, 0.2) is 0 Å². The number of carbonyl (C=O) groups excluding carboxylic acids is 1. The highest BCUT2D eigenvalue weighted by Crippen LogP contribution is 2.25. The van der Waals surface area contributed by atoms with Crippen LogP contribution < -0.4 is 0 Å². The van der Waals surface area contributed by atoms with Crippen LogP contribution in [0.1, 0.15) is 6.42 Å². The van der Waals surface area contributed by atoms with Gasteiger partial charge in [0.1, 0.15) is 6.42 Å². The van der Waals surface area contributed by atoms with Crippen molar-refractivity contribution in [3.05, 3.63) is 0 Å². The SMILES string of the molecule is O=C(O)CC(=O)C(=O)O.O=P(O)(O)O. The quantitative estimate of drug-likeness (QED) is 0.213. The van der Waals surface area contributed by atoms with Gasteiger partial charge in [-0.05, 0) is 0 Å². The van der Waals surface area contributed by atoms with Crippen molar-refractivity contribution in [1.29, 1.82) is 0 Å². The molecule has 0 fully saturated rings. The molecule has 0 aliphatic carbocycles. The van der Waals surface area contributed by atoms with Crippen molar-refractivity contribution in [1.82, 2.24) is 0 Å². The molecule has 0 aliphatic rings. The largest absolute Gasteiger partial charge is 0.481 e. The van der Waals surface area contributed by atoms with E-state index in [0.717, 1.165) is 0 Å². The van der Waals surface area contributed by atoms with Gasteiger partial charge in [-0.2, -0.15) is 0 Å². The van der Waals surface area contributed by atoms with Gasteiger partial charge in [-0.3, -0.25) is 9.59 Å². The van der Waals surface area contributed by atoms with Crippen LogP contribution in [0.3, 0.4) is 0 Å². The van der Waals surface area contributed by atoms with Crippen molar-refractivity contribution in [2.45, 2.75) is 6.42 Å². The minimum Gasteiger partial charge on any atom is -0.481 e. The standard InChI is InChI=1S/C4H4O5.H3O4P/c5-2(4(8)9)1-3(6)7;1-5(2,3)4/h1H2,(H,6,7)(H,8,9);(H3,1,2,3,4). The zero-order valence-corrected chi connectivity index (χ0v) is 7.42. The predicted octanol–water partition coefficient (Wildman–Crippen LogP) is -1.81.